The summed E-state index contributed by atoms with van der Waals surface area (Å²) in [4.78, 5) is 11.8. The summed E-state index contributed by atoms with van der Waals surface area (Å²) in [6.07, 6.45) is -0.298. The number of carbonyl (C=O) groups is 1. The molecule has 1 saturated heterocycles. The van der Waals surface area contributed by atoms with E-state index in [9.17, 15) is 9.90 Å². The smallest absolute Gasteiger partial charge is 0.220 e. The number of aliphatic hydroxyl groups excluding tert-OH is 1. The van der Waals surface area contributed by atoms with E-state index in [1.54, 1.807) is 6.07 Å². The maximum Gasteiger partial charge on any atom is 0.220 e. The normalized spacial score (nSPS) is 25.8. The Morgan fingerprint density at radius 1 is 1.62 bits per heavy atom. The minimum atomic E-state index is -0.642. The van der Waals surface area contributed by atoms with Crippen LogP contribution >= 0.6 is 11.6 Å². The summed E-state index contributed by atoms with van der Waals surface area (Å²) in [6, 6.07) is 1.58. The largest absolute Gasteiger partial charge is 0.390 e. The van der Waals surface area contributed by atoms with E-state index in [0.717, 1.165) is 0 Å². The molecule has 2 rings (SSSR count). The van der Waals surface area contributed by atoms with E-state index in [1.165, 1.54) is 7.11 Å². The fraction of sp³-hybridized carbons (Fsp3) is 0.692. The lowest BCUT2D eigenvalue weighted by Crippen LogP contribution is -2.49. The van der Waals surface area contributed by atoms with Crippen LogP contribution in [0.2, 0.25) is 5.15 Å². The third kappa shape index (κ3) is 4.67. The SMILES string of the molecule is CO[C@@H]1COC[C@@H](CNC(=O)CCc2cc(Cl)no2)[C@@H]1O. The zero-order valence-corrected chi connectivity index (χ0v) is 12.5. The van der Waals surface area contributed by atoms with Gasteiger partial charge in [-0.3, -0.25) is 4.79 Å². The Hall–Kier alpha value is -1.15. The van der Waals surface area contributed by atoms with Crippen molar-refractivity contribution < 1.29 is 23.9 Å². The standard InChI is InChI=1S/C13H19ClN2O5/c1-19-10-7-20-6-8(13(10)18)5-15-12(17)3-2-9-4-11(14)16-21-9/h4,8,10,13,18H,2-3,5-7H2,1H3,(H,15,17)/t8-,10-,13+/m1/s1. The molecule has 1 fully saturated rings. The van der Waals surface area contributed by atoms with Gasteiger partial charge in [0.15, 0.2) is 5.15 Å². The van der Waals surface area contributed by atoms with Gasteiger partial charge in [-0.15, -0.1) is 0 Å². The van der Waals surface area contributed by atoms with E-state index < -0.39 is 6.10 Å². The Kier molecular flexibility index (Phi) is 5.98. The molecule has 1 aliphatic heterocycles. The van der Waals surface area contributed by atoms with E-state index in [4.69, 9.17) is 25.6 Å². The van der Waals surface area contributed by atoms with Crippen LogP contribution in [-0.4, -0.2) is 55.2 Å². The van der Waals surface area contributed by atoms with E-state index in [2.05, 4.69) is 10.5 Å². The van der Waals surface area contributed by atoms with E-state index >= 15 is 0 Å². The number of amides is 1. The molecular formula is C13H19ClN2O5. The van der Waals surface area contributed by atoms with Crippen LogP contribution in [0.5, 0.6) is 0 Å². The van der Waals surface area contributed by atoms with Crippen molar-refractivity contribution in [3.8, 4) is 0 Å². The van der Waals surface area contributed by atoms with Gasteiger partial charge in [0.2, 0.25) is 5.91 Å². The number of nitrogens with zero attached hydrogens (tertiary/aromatic N) is 1. The lowest BCUT2D eigenvalue weighted by Gasteiger charge is -2.33. The number of nitrogens with one attached hydrogen (secondary N) is 1. The molecule has 1 aliphatic rings. The predicted molar refractivity (Wildman–Crippen MR) is 74.0 cm³/mol. The Labute approximate surface area is 127 Å². The van der Waals surface area contributed by atoms with Gasteiger partial charge in [0.1, 0.15) is 11.9 Å². The molecule has 7 nitrogen and oxygen atoms in total. The summed E-state index contributed by atoms with van der Waals surface area (Å²) in [6.45, 7) is 1.12. The van der Waals surface area contributed by atoms with Crippen LogP contribution in [0.3, 0.4) is 0 Å². The second-order valence-corrected chi connectivity index (χ2v) is 5.37. The van der Waals surface area contributed by atoms with Crippen molar-refractivity contribution >= 4 is 17.5 Å². The van der Waals surface area contributed by atoms with Crippen LogP contribution in [-0.2, 0) is 20.7 Å². The predicted octanol–water partition coefficient (Wildman–Crippen LogP) is 0.399. The molecular weight excluding hydrogens is 300 g/mol. The molecule has 0 bridgehead atoms. The first-order chi connectivity index (χ1) is 10.1. The number of rotatable bonds is 6. The van der Waals surface area contributed by atoms with Crippen molar-refractivity contribution in [3.05, 3.63) is 17.0 Å². The quantitative estimate of drug-likeness (QED) is 0.788. The van der Waals surface area contributed by atoms with Crippen LogP contribution in [0.15, 0.2) is 10.6 Å². The molecule has 1 aromatic rings. The summed E-state index contributed by atoms with van der Waals surface area (Å²) in [5.74, 6) is 0.261. The molecule has 2 N–H and O–H groups in total. The lowest BCUT2D eigenvalue weighted by atomic mass is 9.96. The van der Waals surface area contributed by atoms with Gasteiger partial charge in [-0.1, -0.05) is 16.8 Å². The highest BCUT2D eigenvalue weighted by atomic mass is 35.5. The highest BCUT2D eigenvalue weighted by molar-refractivity contribution is 6.29. The van der Waals surface area contributed by atoms with Crippen LogP contribution in [0.4, 0.5) is 0 Å². The fourth-order valence-electron chi connectivity index (χ4n) is 2.20. The van der Waals surface area contributed by atoms with Crippen LogP contribution in [0.1, 0.15) is 12.2 Å². The van der Waals surface area contributed by atoms with Gasteiger partial charge >= 0.3 is 0 Å². The Morgan fingerprint density at radius 3 is 3.10 bits per heavy atom. The van der Waals surface area contributed by atoms with Gasteiger partial charge in [0.05, 0.1) is 19.3 Å². The second kappa shape index (κ2) is 7.74. The van der Waals surface area contributed by atoms with Crippen molar-refractivity contribution in [3.63, 3.8) is 0 Å². The van der Waals surface area contributed by atoms with Crippen molar-refractivity contribution in [2.45, 2.75) is 25.0 Å². The summed E-state index contributed by atoms with van der Waals surface area (Å²) in [5.41, 5.74) is 0. The molecule has 0 aromatic carbocycles. The van der Waals surface area contributed by atoms with Gasteiger partial charge in [-0.2, -0.15) is 0 Å². The first kappa shape index (κ1) is 16.2. The minimum absolute atomic E-state index is 0.130. The minimum Gasteiger partial charge on any atom is -0.390 e. The van der Waals surface area contributed by atoms with Gasteiger partial charge in [0.25, 0.3) is 0 Å². The molecule has 0 aliphatic carbocycles. The van der Waals surface area contributed by atoms with Crippen molar-refractivity contribution in [1.82, 2.24) is 10.5 Å². The number of ether oxygens (including phenoxy) is 2. The second-order valence-electron chi connectivity index (χ2n) is 4.98. The number of aromatic nitrogens is 1. The highest BCUT2D eigenvalue weighted by Gasteiger charge is 2.32. The molecule has 118 valence electrons. The Bertz CT molecular complexity index is 467. The summed E-state index contributed by atoms with van der Waals surface area (Å²) >= 11 is 5.62. The zero-order valence-electron chi connectivity index (χ0n) is 11.8. The fourth-order valence-corrected chi connectivity index (χ4v) is 2.36. The van der Waals surface area contributed by atoms with Gasteiger partial charge < -0.3 is 24.4 Å². The molecule has 8 heteroatoms. The first-order valence-corrected chi connectivity index (χ1v) is 7.14. The highest BCUT2D eigenvalue weighted by Crippen LogP contribution is 2.17. The summed E-state index contributed by atoms with van der Waals surface area (Å²) in [7, 11) is 1.53. The summed E-state index contributed by atoms with van der Waals surface area (Å²) in [5, 5.41) is 16.6. The monoisotopic (exact) mass is 318 g/mol. The van der Waals surface area contributed by atoms with E-state index in [1.807, 2.05) is 0 Å². The third-order valence-corrected chi connectivity index (χ3v) is 3.65. The number of aryl methyl sites for hydroxylation is 1. The van der Waals surface area contributed by atoms with E-state index in [-0.39, 0.29) is 29.5 Å². The first-order valence-electron chi connectivity index (χ1n) is 6.76. The van der Waals surface area contributed by atoms with E-state index in [0.29, 0.717) is 31.9 Å². The molecule has 0 saturated carbocycles. The van der Waals surface area contributed by atoms with Crippen molar-refractivity contribution in [2.75, 3.05) is 26.9 Å². The molecule has 3 atom stereocenters. The number of halogens is 1. The molecule has 0 unspecified atom stereocenters. The summed E-state index contributed by atoms with van der Waals surface area (Å²) < 4.78 is 15.4. The molecule has 0 spiro atoms. The van der Waals surface area contributed by atoms with Gasteiger partial charge in [0, 0.05) is 38.5 Å². The zero-order chi connectivity index (χ0) is 15.2. The Morgan fingerprint density at radius 2 is 2.43 bits per heavy atom. The molecule has 0 radical (unpaired) electrons. The maximum absolute atomic E-state index is 11.8. The number of methoxy groups -OCH3 is 1. The molecule has 21 heavy (non-hydrogen) atoms. The number of hydrogen-bond acceptors (Lipinski definition) is 6. The van der Waals surface area contributed by atoms with Gasteiger partial charge in [-0.25, -0.2) is 0 Å². The average molecular weight is 319 g/mol. The molecule has 1 aromatic heterocycles. The van der Waals surface area contributed by atoms with Crippen LogP contribution < -0.4 is 5.32 Å². The van der Waals surface area contributed by atoms with Gasteiger partial charge in [-0.05, 0) is 0 Å². The number of carbonyl (C=O) groups excluding carboxylic acids is 1. The van der Waals surface area contributed by atoms with Crippen molar-refractivity contribution in [1.29, 1.82) is 0 Å². The third-order valence-electron chi connectivity index (χ3n) is 3.47. The Balaban J connectivity index is 1.70. The van der Waals surface area contributed by atoms with Crippen LogP contribution in [0.25, 0.3) is 0 Å². The molecule has 1 amide bonds. The average Bonchev–Trinajstić information content (AvgIpc) is 2.89. The van der Waals surface area contributed by atoms with Crippen LogP contribution in [0, 0.1) is 5.92 Å². The lowest BCUT2D eigenvalue weighted by molar-refractivity contribution is -0.136. The topological polar surface area (TPSA) is 93.8 Å². The number of hydrogen-bond donors (Lipinski definition) is 2. The molecule has 2 heterocycles. The maximum atomic E-state index is 11.8. The number of aliphatic hydroxyl groups is 1. The van der Waals surface area contributed by atoms with Crippen molar-refractivity contribution in [2.24, 2.45) is 5.92 Å².